The van der Waals surface area contributed by atoms with Crippen molar-refractivity contribution in [3.63, 3.8) is 0 Å². The van der Waals surface area contributed by atoms with Crippen LogP contribution >= 0.6 is 22.6 Å². The van der Waals surface area contributed by atoms with Crippen LogP contribution in [0.25, 0.3) is 11.4 Å². The first-order valence-corrected chi connectivity index (χ1v) is 6.72. The minimum absolute atomic E-state index is 0.121. The number of aryl methyl sites for hydroxylation is 2. The molecule has 0 fully saturated rings. The van der Waals surface area contributed by atoms with Gasteiger partial charge in [-0.15, -0.1) is 0 Å². The summed E-state index contributed by atoms with van der Waals surface area (Å²) in [5.74, 6) is 1.38. The summed E-state index contributed by atoms with van der Waals surface area (Å²) in [5.41, 5.74) is 2.18. The van der Waals surface area contributed by atoms with Gasteiger partial charge < -0.3 is 9.51 Å². The van der Waals surface area contributed by atoms with Crippen LogP contribution in [0.4, 0.5) is 0 Å². The lowest BCUT2D eigenvalue weighted by molar-refractivity contribution is 0.393. The van der Waals surface area contributed by atoms with Crippen molar-refractivity contribution < 1.29 is 4.52 Å². The summed E-state index contributed by atoms with van der Waals surface area (Å²) >= 11 is 2.03. The molecule has 6 heteroatoms. The third-order valence-corrected chi connectivity index (χ3v) is 3.75. The van der Waals surface area contributed by atoms with Crippen LogP contribution in [-0.4, -0.2) is 15.1 Å². The standard InChI is InChI=1S/C12H14IN3O2/c1-5(2)10-9(13)12(17)15-11(14-10)8-6(3)16-18-7(8)4/h5H,1-4H3,(H,14,15,17). The summed E-state index contributed by atoms with van der Waals surface area (Å²) in [7, 11) is 0. The number of aromatic nitrogens is 3. The van der Waals surface area contributed by atoms with E-state index in [9.17, 15) is 4.79 Å². The maximum atomic E-state index is 11.9. The number of hydrogen-bond acceptors (Lipinski definition) is 4. The van der Waals surface area contributed by atoms with Gasteiger partial charge in [-0.1, -0.05) is 19.0 Å². The van der Waals surface area contributed by atoms with Crippen LogP contribution in [0.2, 0.25) is 0 Å². The molecule has 96 valence electrons. The van der Waals surface area contributed by atoms with Crippen molar-refractivity contribution >= 4 is 22.6 Å². The fourth-order valence-corrected chi connectivity index (χ4v) is 2.68. The largest absolute Gasteiger partial charge is 0.361 e. The third kappa shape index (κ3) is 2.21. The van der Waals surface area contributed by atoms with Gasteiger partial charge in [-0.05, 0) is 42.4 Å². The third-order valence-electron chi connectivity index (χ3n) is 2.71. The van der Waals surface area contributed by atoms with E-state index >= 15 is 0 Å². The Balaban J connectivity index is 2.71. The molecule has 0 aliphatic heterocycles. The molecule has 0 radical (unpaired) electrons. The van der Waals surface area contributed by atoms with Crippen LogP contribution in [0.5, 0.6) is 0 Å². The Hall–Kier alpha value is -1.18. The molecule has 0 atom stereocenters. The second-order valence-corrected chi connectivity index (χ2v) is 5.55. The zero-order valence-corrected chi connectivity index (χ0v) is 12.8. The van der Waals surface area contributed by atoms with Gasteiger partial charge in [0.15, 0.2) is 0 Å². The van der Waals surface area contributed by atoms with Crippen LogP contribution < -0.4 is 5.56 Å². The minimum atomic E-state index is -0.121. The lowest BCUT2D eigenvalue weighted by Gasteiger charge is -2.09. The highest BCUT2D eigenvalue weighted by molar-refractivity contribution is 14.1. The van der Waals surface area contributed by atoms with Gasteiger partial charge in [0.1, 0.15) is 11.6 Å². The molecule has 0 saturated carbocycles. The van der Waals surface area contributed by atoms with Gasteiger partial charge in [0.25, 0.3) is 5.56 Å². The Morgan fingerprint density at radius 2 is 2.00 bits per heavy atom. The van der Waals surface area contributed by atoms with Crippen molar-refractivity contribution in [2.24, 2.45) is 0 Å². The van der Waals surface area contributed by atoms with Gasteiger partial charge in [0.2, 0.25) is 0 Å². The Bertz CT molecular complexity index is 624. The quantitative estimate of drug-likeness (QED) is 0.837. The Morgan fingerprint density at radius 3 is 2.50 bits per heavy atom. The number of hydrogen-bond donors (Lipinski definition) is 1. The van der Waals surface area contributed by atoms with Crippen molar-refractivity contribution in [3.8, 4) is 11.4 Å². The number of rotatable bonds is 2. The molecule has 0 spiro atoms. The van der Waals surface area contributed by atoms with E-state index in [-0.39, 0.29) is 11.5 Å². The van der Waals surface area contributed by atoms with Gasteiger partial charge in [0, 0.05) is 0 Å². The number of H-pyrrole nitrogens is 1. The average Bonchev–Trinajstić information content (AvgIpc) is 2.62. The highest BCUT2D eigenvalue weighted by atomic mass is 127. The normalized spacial score (nSPS) is 11.2. The molecule has 0 amide bonds. The van der Waals surface area contributed by atoms with E-state index in [1.54, 1.807) is 0 Å². The molecular weight excluding hydrogens is 345 g/mol. The van der Waals surface area contributed by atoms with Gasteiger partial charge in [-0.2, -0.15) is 0 Å². The molecule has 5 nitrogen and oxygen atoms in total. The van der Waals surface area contributed by atoms with E-state index < -0.39 is 0 Å². The molecule has 0 bridgehead atoms. The SMILES string of the molecule is Cc1noc(C)c1-c1nc(C(C)C)c(I)c(=O)[nH]1. The summed E-state index contributed by atoms with van der Waals surface area (Å²) in [6.45, 7) is 7.67. The second-order valence-electron chi connectivity index (χ2n) is 4.47. The highest BCUT2D eigenvalue weighted by Gasteiger charge is 2.18. The van der Waals surface area contributed by atoms with E-state index in [1.807, 2.05) is 50.3 Å². The summed E-state index contributed by atoms with van der Waals surface area (Å²) in [6.07, 6.45) is 0. The van der Waals surface area contributed by atoms with E-state index in [1.165, 1.54) is 0 Å². The molecule has 2 aromatic rings. The second kappa shape index (κ2) is 4.83. The van der Waals surface area contributed by atoms with E-state index in [4.69, 9.17) is 4.52 Å². The smallest absolute Gasteiger partial charge is 0.264 e. The van der Waals surface area contributed by atoms with E-state index in [0.29, 0.717) is 15.2 Å². The zero-order chi connectivity index (χ0) is 13.4. The number of halogens is 1. The number of nitrogens with one attached hydrogen (secondary N) is 1. The maximum Gasteiger partial charge on any atom is 0.264 e. The van der Waals surface area contributed by atoms with Crippen molar-refractivity contribution in [1.82, 2.24) is 15.1 Å². The topological polar surface area (TPSA) is 71.8 Å². The molecule has 2 heterocycles. The Labute approximate surface area is 118 Å². The van der Waals surface area contributed by atoms with Crippen LogP contribution in [-0.2, 0) is 0 Å². The minimum Gasteiger partial charge on any atom is -0.361 e. The van der Waals surface area contributed by atoms with Crippen molar-refractivity contribution in [3.05, 3.63) is 31.1 Å². The van der Waals surface area contributed by atoms with Crippen LogP contribution in [0, 0.1) is 17.4 Å². The molecule has 0 aromatic carbocycles. The van der Waals surface area contributed by atoms with Crippen LogP contribution in [0.1, 0.15) is 36.9 Å². The maximum absolute atomic E-state index is 11.9. The molecule has 18 heavy (non-hydrogen) atoms. The summed E-state index contributed by atoms with van der Waals surface area (Å²) < 4.78 is 5.74. The monoisotopic (exact) mass is 359 g/mol. The molecule has 0 unspecified atom stereocenters. The first kappa shape index (κ1) is 13.3. The molecule has 1 N–H and O–H groups in total. The van der Waals surface area contributed by atoms with Gasteiger partial charge in [-0.3, -0.25) is 4.79 Å². The molecule has 0 aliphatic carbocycles. The first-order chi connectivity index (χ1) is 8.41. The Kier molecular flexibility index (Phi) is 3.56. The lowest BCUT2D eigenvalue weighted by atomic mass is 10.1. The molecule has 0 aliphatic rings. The van der Waals surface area contributed by atoms with Crippen molar-refractivity contribution in [1.29, 1.82) is 0 Å². The summed E-state index contributed by atoms with van der Waals surface area (Å²) in [5, 5.41) is 3.88. The first-order valence-electron chi connectivity index (χ1n) is 5.64. The van der Waals surface area contributed by atoms with Gasteiger partial charge >= 0.3 is 0 Å². The Morgan fingerprint density at radius 1 is 1.33 bits per heavy atom. The predicted octanol–water partition coefficient (Wildman–Crippen LogP) is 2.77. The highest BCUT2D eigenvalue weighted by Crippen LogP contribution is 2.25. The summed E-state index contributed by atoms with van der Waals surface area (Å²) in [4.78, 5) is 19.2. The number of aromatic amines is 1. The van der Waals surface area contributed by atoms with Crippen molar-refractivity contribution in [2.45, 2.75) is 33.6 Å². The van der Waals surface area contributed by atoms with Crippen molar-refractivity contribution in [2.75, 3.05) is 0 Å². The molecule has 2 aromatic heterocycles. The van der Waals surface area contributed by atoms with Crippen LogP contribution in [0.15, 0.2) is 9.32 Å². The summed E-state index contributed by atoms with van der Waals surface area (Å²) in [6, 6.07) is 0. The number of nitrogens with zero attached hydrogens (tertiary/aromatic N) is 2. The zero-order valence-electron chi connectivity index (χ0n) is 10.7. The van der Waals surface area contributed by atoms with Gasteiger partial charge in [-0.25, -0.2) is 4.98 Å². The molecule has 0 saturated heterocycles. The van der Waals surface area contributed by atoms with Gasteiger partial charge in [0.05, 0.1) is 20.5 Å². The molecule has 2 rings (SSSR count). The van der Waals surface area contributed by atoms with E-state index in [0.717, 1.165) is 17.0 Å². The van der Waals surface area contributed by atoms with E-state index in [2.05, 4.69) is 15.1 Å². The fourth-order valence-electron chi connectivity index (χ4n) is 1.80. The predicted molar refractivity (Wildman–Crippen MR) is 76.6 cm³/mol. The lowest BCUT2D eigenvalue weighted by Crippen LogP contribution is -2.17. The molecular formula is C12H14IN3O2. The van der Waals surface area contributed by atoms with Crippen LogP contribution in [0.3, 0.4) is 0 Å². The average molecular weight is 359 g/mol. The fraction of sp³-hybridized carbons (Fsp3) is 0.417.